The van der Waals surface area contributed by atoms with Crippen molar-refractivity contribution in [3.8, 4) is 0 Å². The standard InChI is InChI=1S/C11H13Cl2NO5S/c1-6-18-10(8-4-3-7(12)5-9(8)13)11(19-6)14-20(15,16)17-2/h3-6,10-11,14H,1-2H3. The molecule has 6 nitrogen and oxygen atoms in total. The zero-order valence-corrected chi connectivity index (χ0v) is 13.0. The summed E-state index contributed by atoms with van der Waals surface area (Å²) in [4.78, 5) is 0. The Morgan fingerprint density at radius 1 is 1.30 bits per heavy atom. The van der Waals surface area contributed by atoms with Crippen LogP contribution in [0.5, 0.6) is 0 Å². The van der Waals surface area contributed by atoms with E-state index in [2.05, 4.69) is 8.91 Å². The fourth-order valence-electron chi connectivity index (χ4n) is 1.84. The highest BCUT2D eigenvalue weighted by molar-refractivity contribution is 7.84. The van der Waals surface area contributed by atoms with E-state index in [4.69, 9.17) is 32.7 Å². The number of rotatable bonds is 4. The predicted octanol–water partition coefficient (Wildman–Crippen LogP) is 2.23. The Balaban J connectivity index is 2.28. The lowest BCUT2D eigenvalue weighted by molar-refractivity contribution is -0.0523. The minimum absolute atomic E-state index is 0.363. The minimum Gasteiger partial charge on any atom is -0.341 e. The van der Waals surface area contributed by atoms with Crippen LogP contribution >= 0.6 is 23.2 Å². The van der Waals surface area contributed by atoms with Gasteiger partial charge < -0.3 is 9.47 Å². The quantitative estimate of drug-likeness (QED) is 0.908. The third-order valence-electron chi connectivity index (χ3n) is 2.70. The topological polar surface area (TPSA) is 73.9 Å². The van der Waals surface area contributed by atoms with E-state index >= 15 is 0 Å². The summed E-state index contributed by atoms with van der Waals surface area (Å²) in [5, 5.41) is 0.835. The van der Waals surface area contributed by atoms with E-state index in [1.807, 2.05) is 0 Å². The van der Waals surface area contributed by atoms with Crippen LogP contribution in [0.4, 0.5) is 0 Å². The van der Waals surface area contributed by atoms with Crippen molar-refractivity contribution in [1.29, 1.82) is 0 Å². The van der Waals surface area contributed by atoms with E-state index in [-0.39, 0.29) is 0 Å². The fraction of sp³-hybridized carbons (Fsp3) is 0.455. The van der Waals surface area contributed by atoms with E-state index in [9.17, 15) is 8.42 Å². The number of ether oxygens (including phenoxy) is 2. The van der Waals surface area contributed by atoms with Gasteiger partial charge in [-0.2, -0.15) is 13.1 Å². The molecule has 0 bridgehead atoms. The van der Waals surface area contributed by atoms with Gasteiger partial charge in [-0.1, -0.05) is 29.3 Å². The summed E-state index contributed by atoms with van der Waals surface area (Å²) in [5.74, 6) is 0. The molecule has 1 fully saturated rings. The van der Waals surface area contributed by atoms with Crippen molar-refractivity contribution in [3.05, 3.63) is 33.8 Å². The van der Waals surface area contributed by atoms with Gasteiger partial charge in [-0.05, 0) is 19.1 Å². The molecule has 0 aromatic heterocycles. The van der Waals surface area contributed by atoms with Crippen LogP contribution in [0.3, 0.4) is 0 Å². The highest BCUT2D eigenvalue weighted by atomic mass is 35.5. The lowest BCUT2D eigenvalue weighted by Gasteiger charge is -2.18. The van der Waals surface area contributed by atoms with Gasteiger partial charge in [-0.3, -0.25) is 4.18 Å². The summed E-state index contributed by atoms with van der Waals surface area (Å²) in [6, 6.07) is 4.84. The molecule has 1 N–H and O–H groups in total. The molecule has 1 heterocycles. The average Bonchev–Trinajstić information content (AvgIpc) is 2.69. The van der Waals surface area contributed by atoms with Crippen LogP contribution in [0, 0.1) is 0 Å². The van der Waals surface area contributed by atoms with Gasteiger partial charge in [0.2, 0.25) is 0 Å². The summed E-state index contributed by atoms with van der Waals surface area (Å²) in [7, 11) is -2.86. The van der Waals surface area contributed by atoms with E-state index < -0.39 is 28.9 Å². The highest BCUT2D eigenvalue weighted by Crippen LogP contribution is 2.36. The molecule has 1 aliphatic heterocycles. The van der Waals surface area contributed by atoms with Gasteiger partial charge in [0.1, 0.15) is 6.10 Å². The lowest BCUT2D eigenvalue weighted by atomic mass is 10.1. The molecule has 1 aromatic carbocycles. The van der Waals surface area contributed by atoms with Crippen LogP contribution in [-0.4, -0.2) is 28.0 Å². The second kappa shape index (κ2) is 6.15. The SMILES string of the molecule is COS(=O)(=O)NC1OC(C)OC1c1ccc(Cl)cc1Cl. The molecule has 112 valence electrons. The molecule has 0 amide bonds. The molecule has 0 aliphatic carbocycles. The van der Waals surface area contributed by atoms with Crippen LogP contribution < -0.4 is 4.72 Å². The molecular formula is C11H13Cl2NO5S. The van der Waals surface area contributed by atoms with Gasteiger partial charge in [-0.15, -0.1) is 0 Å². The van der Waals surface area contributed by atoms with Gasteiger partial charge in [0.25, 0.3) is 0 Å². The van der Waals surface area contributed by atoms with Crippen molar-refractivity contribution >= 4 is 33.5 Å². The number of hydrogen-bond acceptors (Lipinski definition) is 5. The molecule has 2 rings (SSSR count). The Bertz CT molecular complexity index is 594. The van der Waals surface area contributed by atoms with Crippen LogP contribution in [0.1, 0.15) is 18.6 Å². The number of hydrogen-bond donors (Lipinski definition) is 1. The fourth-order valence-corrected chi connectivity index (χ4v) is 2.91. The highest BCUT2D eigenvalue weighted by Gasteiger charge is 2.38. The van der Waals surface area contributed by atoms with Crippen LogP contribution in [-0.2, 0) is 24.0 Å². The van der Waals surface area contributed by atoms with E-state index in [1.54, 1.807) is 25.1 Å². The molecule has 9 heteroatoms. The third kappa shape index (κ3) is 3.62. The van der Waals surface area contributed by atoms with Gasteiger partial charge >= 0.3 is 10.3 Å². The first kappa shape index (κ1) is 16.0. The van der Waals surface area contributed by atoms with Crippen LogP contribution in [0.15, 0.2) is 18.2 Å². The normalized spacial score (nSPS) is 26.9. The molecule has 3 atom stereocenters. The largest absolute Gasteiger partial charge is 0.341 e. The van der Waals surface area contributed by atoms with Crippen molar-refractivity contribution in [1.82, 2.24) is 4.72 Å². The number of benzene rings is 1. The van der Waals surface area contributed by atoms with Gasteiger partial charge in [0.05, 0.1) is 7.11 Å². The predicted molar refractivity (Wildman–Crippen MR) is 73.7 cm³/mol. The molecule has 1 saturated heterocycles. The average molecular weight is 342 g/mol. The number of nitrogens with one attached hydrogen (secondary N) is 1. The number of halogens is 2. The Morgan fingerprint density at radius 2 is 2.00 bits per heavy atom. The van der Waals surface area contributed by atoms with Gasteiger partial charge in [0.15, 0.2) is 12.5 Å². The Labute approximate surface area is 127 Å². The van der Waals surface area contributed by atoms with Crippen molar-refractivity contribution in [2.24, 2.45) is 0 Å². The molecular weight excluding hydrogens is 329 g/mol. The summed E-state index contributed by atoms with van der Waals surface area (Å²) < 4.78 is 40.4. The Hall–Kier alpha value is -0.410. The Kier molecular flexibility index (Phi) is 4.91. The zero-order valence-electron chi connectivity index (χ0n) is 10.7. The first-order chi connectivity index (χ1) is 9.32. The maximum absolute atomic E-state index is 11.5. The smallest absolute Gasteiger partial charge is 0.337 e. The van der Waals surface area contributed by atoms with Gasteiger partial charge in [0, 0.05) is 15.6 Å². The summed E-state index contributed by atoms with van der Waals surface area (Å²) in [5.41, 5.74) is 0.573. The molecule has 3 unspecified atom stereocenters. The van der Waals surface area contributed by atoms with Crippen molar-refractivity contribution < 1.29 is 22.1 Å². The molecule has 0 radical (unpaired) electrons. The summed E-state index contributed by atoms with van der Waals surface area (Å²) >= 11 is 11.9. The van der Waals surface area contributed by atoms with E-state index in [0.717, 1.165) is 7.11 Å². The van der Waals surface area contributed by atoms with Crippen molar-refractivity contribution in [2.75, 3.05) is 7.11 Å². The molecule has 0 spiro atoms. The van der Waals surface area contributed by atoms with Crippen LogP contribution in [0.2, 0.25) is 10.0 Å². The third-order valence-corrected chi connectivity index (χ3v) is 4.22. The van der Waals surface area contributed by atoms with Crippen molar-refractivity contribution in [3.63, 3.8) is 0 Å². The minimum atomic E-state index is -3.91. The van der Waals surface area contributed by atoms with E-state index in [0.29, 0.717) is 15.6 Å². The maximum Gasteiger partial charge on any atom is 0.337 e. The van der Waals surface area contributed by atoms with Crippen LogP contribution in [0.25, 0.3) is 0 Å². The maximum atomic E-state index is 11.5. The first-order valence-electron chi connectivity index (χ1n) is 5.66. The second-order valence-electron chi connectivity index (χ2n) is 4.09. The first-order valence-corrected chi connectivity index (χ1v) is 7.82. The summed E-state index contributed by atoms with van der Waals surface area (Å²) in [6.07, 6.45) is -2.22. The second-order valence-corrected chi connectivity index (χ2v) is 6.41. The molecule has 20 heavy (non-hydrogen) atoms. The van der Waals surface area contributed by atoms with E-state index in [1.165, 1.54) is 0 Å². The molecule has 0 saturated carbocycles. The van der Waals surface area contributed by atoms with Gasteiger partial charge in [-0.25, -0.2) is 0 Å². The lowest BCUT2D eigenvalue weighted by Crippen LogP contribution is -2.38. The Morgan fingerprint density at radius 3 is 2.60 bits per heavy atom. The van der Waals surface area contributed by atoms with Crippen molar-refractivity contribution in [2.45, 2.75) is 25.5 Å². The summed E-state index contributed by atoms with van der Waals surface area (Å²) in [6.45, 7) is 1.65. The monoisotopic (exact) mass is 341 g/mol. The molecule has 1 aliphatic rings. The zero-order chi connectivity index (χ0) is 14.9. The molecule has 1 aromatic rings.